The van der Waals surface area contributed by atoms with Crippen molar-refractivity contribution in [2.24, 2.45) is 0 Å². The van der Waals surface area contributed by atoms with Gasteiger partial charge in [-0.05, 0) is 36.3 Å². The average molecular weight is 308 g/mol. The fourth-order valence-electron chi connectivity index (χ4n) is 2.05. The predicted octanol–water partition coefficient (Wildman–Crippen LogP) is 3.67. The van der Waals surface area contributed by atoms with Crippen molar-refractivity contribution in [1.29, 1.82) is 5.26 Å². The molecule has 0 aliphatic carbocycles. The lowest BCUT2D eigenvalue weighted by Gasteiger charge is -2.02. The van der Waals surface area contributed by atoms with E-state index in [2.05, 4.69) is 0 Å². The van der Waals surface area contributed by atoms with Gasteiger partial charge in [-0.2, -0.15) is 5.26 Å². The molecule has 23 heavy (non-hydrogen) atoms. The minimum Gasteiger partial charge on any atom is -0.478 e. The number of aromatic carboxylic acids is 1. The van der Waals surface area contributed by atoms with Gasteiger partial charge in [-0.25, -0.2) is 4.79 Å². The summed E-state index contributed by atoms with van der Waals surface area (Å²) in [6.45, 7) is 1.64. The summed E-state index contributed by atoms with van der Waals surface area (Å²) in [7, 11) is 0. The van der Waals surface area contributed by atoms with Crippen LogP contribution in [0.5, 0.6) is 0 Å². The highest BCUT2D eigenvalue weighted by Crippen LogP contribution is 2.23. The highest BCUT2D eigenvalue weighted by Gasteiger charge is 2.11. The van der Waals surface area contributed by atoms with Crippen LogP contribution in [0.4, 0.5) is 5.69 Å². The van der Waals surface area contributed by atoms with Crippen molar-refractivity contribution < 1.29 is 14.8 Å². The monoisotopic (exact) mass is 308 g/mol. The fourth-order valence-corrected chi connectivity index (χ4v) is 2.05. The quantitative estimate of drug-likeness (QED) is 0.401. The molecule has 0 saturated heterocycles. The van der Waals surface area contributed by atoms with Gasteiger partial charge in [0.25, 0.3) is 5.69 Å². The molecule has 0 atom stereocenters. The van der Waals surface area contributed by atoms with E-state index in [4.69, 9.17) is 5.11 Å². The first kappa shape index (κ1) is 15.9. The first-order valence-corrected chi connectivity index (χ1v) is 6.63. The van der Waals surface area contributed by atoms with E-state index < -0.39 is 10.9 Å². The van der Waals surface area contributed by atoms with Gasteiger partial charge < -0.3 is 5.11 Å². The van der Waals surface area contributed by atoms with Crippen LogP contribution in [0, 0.1) is 28.4 Å². The Labute approximate surface area is 132 Å². The number of benzene rings is 2. The van der Waals surface area contributed by atoms with Crippen LogP contribution in [0.25, 0.3) is 11.6 Å². The van der Waals surface area contributed by atoms with Gasteiger partial charge in [0.15, 0.2) is 0 Å². The lowest BCUT2D eigenvalue weighted by Crippen LogP contribution is -1.95. The number of hydrogen-bond acceptors (Lipinski definition) is 4. The van der Waals surface area contributed by atoms with Crippen molar-refractivity contribution in [3.63, 3.8) is 0 Å². The molecule has 0 heterocycles. The van der Waals surface area contributed by atoms with Crippen LogP contribution >= 0.6 is 0 Å². The lowest BCUT2D eigenvalue weighted by atomic mass is 10.0. The summed E-state index contributed by atoms with van der Waals surface area (Å²) in [4.78, 5) is 21.3. The molecule has 0 aliphatic heterocycles. The number of nitro benzene ring substituents is 1. The Hall–Kier alpha value is -3.46. The molecule has 0 saturated carbocycles. The molecule has 0 bridgehead atoms. The fraction of sp³-hybridized carbons (Fsp3) is 0.0588. The molecular formula is C17H12N2O4. The molecular weight excluding hydrogens is 296 g/mol. The summed E-state index contributed by atoms with van der Waals surface area (Å²) in [5.41, 5.74) is 2.01. The topological polar surface area (TPSA) is 104 Å². The Balaban J connectivity index is 2.43. The molecule has 0 amide bonds. The molecule has 2 aromatic carbocycles. The summed E-state index contributed by atoms with van der Waals surface area (Å²) in [5, 5.41) is 29.1. The number of nitro groups is 1. The maximum absolute atomic E-state index is 11.0. The van der Waals surface area contributed by atoms with Gasteiger partial charge in [0.1, 0.15) is 0 Å². The van der Waals surface area contributed by atoms with E-state index in [1.54, 1.807) is 19.1 Å². The molecule has 6 heteroatoms. The molecule has 0 fully saturated rings. The predicted molar refractivity (Wildman–Crippen MR) is 84.7 cm³/mol. The molecule has 0 aliphatic rings. The van der Waals surface area contributed by atoms with Gasteiger partial charge >= 0.3 is 5.97 Å². The Kier molecular flexibility index (Phi) is 4.52. The molecule has 0 unspecified atom stereocenters. The highest BCUT2D eigenvalue weighted by atomic mass is 16.6. The first-order valence-electron chi connectivity index (χ1n) is 6.63. The molecule has 6 nitrogen and oxygen atoms in total. The zero-order valence-electron chi connectivity index (χ0n) is 12.2. The van der Waals surface area contributed by atoms with Crippen LogP contribution in [-0.2, 0) is 0 Å². The van der Waals surface area contributed by atoms with Gasteiger partial charge in [-0.15, -0.1) is 0 Å². The maximum atomic E-state index is 11.0. The SMILES string of the molecule is Cc1ccc(/C=C(/C#N)c2ccc(C(=O)O)cc2)cc1[N+](=O)[O-]. The van der Waals surface area contributed by atoms with Crippen LogP contribution in [-0.4, -0.2) is 16.0 Å². The third kappa shape index (κ3) is 3.60. The lowest BCUT2D eigenvalue weighted by molar-refractivity contribution is -0.385. The number of nitriles is 1. The van der Waals surface area contributed by atoms with Gasteiger partial charge in [-0.3, -0.25) is 10.1 Å². The number of allylic oxidation sites excluding steroid dienone is 1. The van der Waals surface area contributed by atoms with E-state index in [0.29, 0.717) is 22.3 Å². The number of rotatable bonds is 4. The van der Waals surface area contributed by atoms with Crippen molar-refractivity contribution in [2.45, 2.75) is 6.92 Å². The standard InChI is InChI=1S/C17H12N2O4/c1-11-2-3-12(9-16(11)19(22)23)8-15(10-18)13-4-6-14(7-5-13)17(20)21/h2-9H,1H3,(H,20,21)/b15-8-. The molecule has 0 aromatic heterocycles. The number of carbonyl (C=O) groups is 1. The summed E-state index contributed by atoms with van der Waals surface area (Å²) in [6.07, 6.45) is 1.53. The van der Waals surface area contributed by atoms with Crippen molar-refractivity contribution in [2.75, 3.05) is 0 Å². The summed E-state index contributed by atoms with van der Waals surface area (Å²) < 4.78 is 0. The van der Waals surface area contributed by atoms with Crippen molar-refractivity contribution in [3.05, 3.63) is 74.8 Å². The number of hydrogen-bond donors (Lipinski definition) is 1. The van der Waals surface area contributed by atoms with Crippen molar-refractivity contribution in [3.8, 4) is 6.07 Å². The zero-order chi connectivity index (χ0) is 17.0. The van der Waals surface area contributed by atoms with Crippen LogP contribution < -0.4 is 0 Å². The van der Waals surface area contributed by atoms with E-state index in [-0.39, 0.29) is 11.3 Å². The second kappa shape index (κ2) is 6.54. The zero-order valence-corrected chi connectivity index (χ0v) is 12.2. The average Bonchev–Trinajstić information content (AvgIpc) is 2.54. The maximum Gasteiger partial charge on any atom is 0.335 e. The number of aryl methyl sites for hydroxylation is 1. The van der Waals surface area contributed by atoms with E-state index in [1.165, 1.54) is 36.4 Å². The van der Waals surface area contributed by atoms with Crippen molar-refractivity contribution in [1.82, 2.24) is 0 Å². The smallest absolute Gasteiger partial charge is 0.335 e. The number of nitrogens with zero attached hydrogens (tertiary/aromatic N) is 2. The van der Waals surface area contributed by atoms with Gasteiger partial charge in [-0.1, -0.05) is 24.3 Å². The van der Waals surface area contributed by atoms with E-state index in [0.717, 1.165) is 0 Å². The minimum absolute atomic E-state index is 0.0164. The Morgan fingerprint density at radius 3 is 2.35 bits per heavy atom. The summed E-state index contributed by atoms with van der Waals surface area (Å²) in [5.74, 6) is -1.05. The van der Waals surface area contributed by atoms with Crippen LogP contribution in [0.3, 0.4) is 0 Å². The molecule has 0 spiro atoms. The Morgan fingerprint density at radius 2 is 1.83 bits per heavy atom. The minimum atomic E-state index is -1.05. The normalized spacial score (nSPS) is 10.9. The van der Waals surface area contributed by atoms with E-state index in [1.807, 2.05) is 6.07 Å². The van der Waals surface area contributed by atoms with Gasteiger partial charge in [0, 0.05) is 11.6 Å². The molecule has 2 rings (SSSR count). The van der Waals surface area contributed by atoms with Crippen LogP contribution in [0.1, 0.15) is 27.0 Å². The molecule has 1 N–H and O–H groups in total. The Bertz CT molecular complexity index is 846. The van der Waals surface area contributed by atoms with Crippen molar-refractivity contribution >= 4 is 23.3 Å². The van der Waals surface area contributed by atoms with Crippen LogP contribution in [0.15, 0.2) is 42.5 Å². The molecule has 114 valence electrons. The summed E-state index contributed by atoms with van der Waals surface area (Å²) >= 11 is 0. The van der Waals surface area contributed by atoms with E-state index >= 15 is 0 Å². The highest BCUT2D eigenvalue weighted by molar-refractivity contribution is 5.92. The van der Waals surface area contributed by atoms with Crippen LogP contribution in [0.2, 0.25) is 0 Å². The van der Waals surface area contributed by atoms with Gasteiger partial charge in [0.05, 0.1) is 22.1 Å². The van der Waals surface area contributed by atoms with Gasteiger partial charge in [0.2, 0.25) is 0 Å². The summed E-state index contributed by atoms with van der Waals surface area (Å²) in [6, 6.07) is 12.6. The first-order chi connectivity index (χ1) is 10.9. The third-order valence-corrected chi connectivity index (χ3v) is 3.30. The largest absolute Gasteiger partial charge is 0.478 e. The third-order valence-electron chi connectivity index (χ3n) is 3.30. The molecule has 0 radical (unpaired) electrons. The second-order valence-corrected chi connectivity index (χ2v) is 4.86. The molecule has 2 aromatic rings. The number of carboxylic acid groups (broad SMARTS) is 1. The van der Waals surface area contributed by atoms with E-state index in [9.17, 15) is 20.2 Å². The Morgan fingerprint density at radius 1 is 1.22 bits per heavy atom. The number of carboxylic acids is 1. The second-order valence-electron chi connectivity index (χ2n) is 4.86.